The Bertz CT molecular complexity index is 935. The highest BCUT2D eigenvalue weighted by atomic mass is 32.1. The third-order valence-corrected chi connectivity index (χ3v) is 6.00. The van der Waals surface area contributed by atoms with Gasteiger partial charge in [0, 0.05) is 35.9 Å². The third kappa shape index (κ3) is 6.01. The van der Waals surface area contributed by atoms with Gasteiger partial charge < -0.3 is 9.64 Å². The first-order chi connectivity index (χ1) is 14.6. The predicted octanol–water partition coefficient (Wildman–Crippen LogP) is 4.26. The number of esters is 1. The number of benzene rings is 1. The molecule has 6 nitrogen and oxygen atoms in total. The number of nitriles is 1. The topological polar surface area (TPSA) is 83.3 Å². The van der Waals surface area contributed by atoms with Crippen molar-refractivity contribution in [3.63, 3.8) is 0 Å². The first-order valence-electron chi connectivity index (χ1n) is 10.1. The summed E-state index contributed by atoms with van der Waals surface area (Å²) in [5.41, 5.74) is 2.83. The van der Waals surface area contributed by atoms with Gasteiger partial charge in [0.05, 0.1) is 6.07 Å². The monoisotopic (exact) mass is 423 g/mol. The average molecular weight is 424 g/mol. The van der Waals surface area contributed by atoms with Crippen molar-refractivity contribution in [3.8, 4) is 6.07 Å². The fourth-order valence-corrected chi connectivity index (χ4v) is 4.19. The van der Waals surface area contributed by atoms with Crippen LogP contribution in [0.2, 0.25) is 0 Å². The molecule has 0 bridgehead atoms. The Morgan fingerprint density at radius 2 is 1.93 bits per heavy atom. The summed E-state index contributed by atoms with van der Waals surface area (Å²) in [6.07, 6.45) is 7.98. The van der Waals surface area contributed by atoms with Crippen molar-refractivity contribution >= 4 is 34.9 Å². The third-order valence-electron chi connectivity index (χ3n) is 4.97. The van der Waals surface area contributed by atoms with Gasteiger partial charge in [0.1, 0.15) is 5.01 Å². The molecule has 1 aliphatic heterocycles. The minimum Gasteiger partial charge on any atom is -0.454 e. The molecule has 2 aromatic rings. The van der Waals surface area contributed by atoms with Gasteiger partial charge >= 0.3 is 5.97 Å². The SMILES string of the molecule is Cc1csc([C@H](C#N)C(=O)COC(=O)/C=C/c2ccc(N3CCCCCC3)cc2)n1. The molecule has 0 amide bonds. The van der Waals surface area contributed by atoms with Crippen LogP contribution in [0.5, 0.6) is 0 Å². The number of aryl methyl sites for hydroxylation is 1. The quantitative estimate of drug-likeness (QED) is 0.489. The molecule has 156 valence electrons. The molecule has 0 radical (unpaired) electrons. The molecule has 0 saturated carbocycles. The average Bonchev–Trinajstić information content (AvgIpc) is 3.01. The number of thiazole rings is 1. The lowest BCUT2D eigenvalue weighted by molar-refractivity contribution is -0.143. The number of ether oxygens (including phenoxy) is 1. The second kappa shape index (κ2) is 10.7. The number of hydrogen-bond acceptors (Lipinski definition) is 7. The van der Waals surface area contributed by atoms with E-state index in [9.17, 15) is 14.9 Å². The maximum atomic E-state index is 12.2. The van der Waals surface area contributed by atoms with Crippen molar-refractivity contribution in [3.05, 3.63) is 52.0 Å². The molecule has 1 aliphatic rings. The smallest absolute Gasteiger partial charge is 0.331 e. The Morgan fingerprint density at radius 1 is 1.23 bits per heavy atom. The summed E-state index contributed by atoms with van der Waals surface area (Å²) in [4.78, 5) is 30.7. The zero-order chi connectivity index (χ0) is 21.3. The second-order valence-corrected chi connectivity index (χ2v) is 8.18. The molecule has 2 heterocycles. The van der Waals surface area contributed by atoms with Gasteiger partial charge in [-0.3, -0.25) is 4.79 Å². The summed E-state index contributed by atoms with van der Waals surface area (Å²) < 4.78 is 5.01. The van der Waals surface area contributed by atoms with E-state index < -0.39 is 24.3 Å². The minimum absolute atomic E-state index is 0.427. The van der Waals surface area contributed by atoms with E-state index in [1.807, 2.05) is 18.2 Å². The minimum atomic E-state index is -1.01. The molecule has 0 unspecified atom stereocenters. The zero-order valence-electron chi connectivity index (χ0n) is 17.0. The summed E-state index contributed by atoms with van der Waals surface area (Å²) in [5.74, 6) is -2.10. The van der Waals surface area contributed by atoms with Crippen molar-refractivity contribution in [2.24, 2.45) is 0 Å². The number of nitrogens with zero attached hydrogens (tertiary/aromatic N) is 3. The summed E-state index contributed by atoms with van der Waals surface area (Å²) in [5, 5.41) is 11.5. The van der Waals surface area contributed by atoms with E-state index in [0.717, 1.165) is 24.3 Å². The number of Topliss-reactive ketones (excluding diaryl/α,β-unsaturated/α-hetero) is 1. The van der Waals surface area contributed by atoms with Crippen LogP contribution in [0.4, 0.5) is 5.69 Å². The largest absolute Gasteiger partial charge is 0.454 e. The van der Waals surface area contributed by atoms with Crippen molar-refractivity contribution in [2.45, 2.75) is 38.5 Å². The number of rotatable bonds is 7. The van der Waals surface area contributed by atoms with E-state index in [-0.39, 0.29) is 0 Å². The van der Waals surface area contributed by atoms with Crippen LogP contribution in [0.1, 0.15) is 47.9 Å². The number of carbonyl (C=O) groups is 2. The maximum absolute atomic E-state index is 12.2. The van der Waals surface area contributed by atoms with Crippen LogP contribution in [0, 0.1) is 18.3 Å². The fourth-order valence-electron chi connectivity index (χ4n) is 3.33. The molecule has 30 heavy (non-hydrogen) atoms. The lowest BCUT2D eigenvalue weighted by atomic mass is 10.1. The van der Waals surface area contributed by atoms with E-state index in [1.54, 1.807) is 18.4 Å². The van der Waals surface area contributed by atoms with Crippen molar-refractivity contribution in [1.29, 1.82) is 5.26 Å². The lowest BCUT2D eigenvalue weighted by Gasteiger charge is -2.22. The van der Waals surface area contributed by atoms with Gasteiger partial charge in [0.25, 0.3) is 0 Å². The molecule has 0 aliphatic carbocycles. The van der Waals surface area contributed by atoms with E-state index in [2.05, 4.69) is 22.0 Å². The van der Waals surface area contributed by atoms with Gasteiger partial charge in [-0.25, -0.2) is 9.78 Å². The molecular weight excluding hydrogens is 398 g/mol. The van der Waals surface area contributed by atoms with Crippen LogP contribution in [-0.4, -0.2) is 36.4 Å². The van der Waals surface area contributed by atoms with E-state index in [4.69, 9.17) is 4.74 Å². The Morgan fingerprint density at radius 3 is 2.53 bits per heavy atom. The fraction of sp³-hybridized carbons (Fsp3) is 0.391. The summed E-state index contributed by atoms with van der Waals surface area (Å²) in [6, 6.07) is 9.99. The van der Waals surface area contributed by atoms with E-state index in [0.29, 0.717) is 5.01 Å². The van der Waals surface area contributed by atoms with Crippen LogP contribution in [0.25, 0.3) is 6.08 Å². The summed E-state index contributed by atoms with van der Waals surface area (Å²) >= 11 is 1.25. The van der Waals surface area contributed by atoms with Gasteiger partial charge in [-0.05, 0) is 43.5 Å². The zero-order valence-corrected chi connectivity index (χ0v) is 17.9. The van der Waals surface area contributed by atoms with Crippen LogP contribution in [-0.2, 0) is 14.3 Å². The highest BCUT2D eigenvalue weighted by molar-refractivity contribution is 7.09. The van der Waals surface area contributed by atoms with Crippen LogP contribution in [0.3, 0.4) is 0 Å². The molecule has 0 N–H and O–H groups in total. The van der Waals surface area contributed by atoms with Crippen molar-refractivity contribution in [1.82, 2.24) is 4.98 Å². The standard InChI is InChI=1S/C23H25N3O3S/c1-17-16-30-23(25-17)20(14-24)21(27)15-29-22(28)11-8-18-6-9-19(10-7-18)26-12-4-2-3-5-13-26/h6-11,16,20H,2-5,12-13,15H2,1H3/b11-8+/t20-/m1/s1. The van der Waals surface area contributed by atoms with E-state index >= 15 is 0 Å². The molecule has 1 aromatic heterocycles. The molecular formula is C23H25N3O3S. The first kappa shape index (κ1) is 21.7. The van der Waals surface area contributed by atoms with Crippen molar-refractivity contribution < 1.29 is 14.3 Å². The predicted molar refractivity (Wildman–Crippen MR) is 117 cm³/mol. The van der Waals surface area contributed by atoms with Gasteiger partial charge in [-0.15, -0.1) is 11.3 Å². The number of aromatic nitrogens is 1. The molecule has 0 spiro atoms. The van der Waals surface area contributed by atoms with Gasteiger partial charge in [-0.1, -0.05) is 25.0 Å². The highest BCUT2D eigenvalue weighted by Gasteiger charge is 2.24. The summed E-state index contributed by atoms with van der Waals surface area (Å²) in [7, 11) is 0. The summed E-state index contributed by atoms with van der Waals surface area (Å²) in [6.45, 7) is 3.51. The van der Waals surface area contributed by atoms with Crippen LogP contribution < -0.4 is 4.90 Å². The normalized spacial score (nSPS) is 15.4. The van der Waals surface area contributed by atoms with Gasteiger partial charge in [0.2, 0.25) is 0 Å². The Balaban J connectivity index is 1.50. The number of anilines is 1. The Kier molecular flexibility index (Phi) is 7.75. The first-order valence-corrected chi connectivity index (χ1v) is 11.0. The van der Waals surface area contributed by atoms with Crippen molar-refractivity contribution in [2.75, 3.05) is 24.6 Å². The second-order valence-electron chi connectivity index (χ2n) is 7.29. The van der Waals surface area contributed by atoms with Crippen LogP contribution >= 0.6 is 11.3 Å². The number of carbonyl (C=O) groups excluding carboxylic acids is 2. The molecule has 1 aromatic carbocycles. The number of hydrogen-bond donors (Lipinski definition) is 0. The molecule has 1 saturated heterocycles. The Labute approximate surface area is 180 Å². The molecule has 1 atom stereocenters. The van der Waals surface area contributed by atoms with E-state index in [1.165, 1.54) is 48.8 Å². The van der Waals surface area contributed by atoms with Crippen LogP contribution in [0.15, 0.2) is 35.7 Å². The Hall–Kier alpha value is -2.98. The highest BCUT2D eigenvalue weighted by Crippen LogP contribution is 2.21. The molecule has 7 heteroatoms. The van der Waals surface area contributed by atoms with Gasteiger partial charge in [0.15, 0.2) is 18.3 Å². The lowest BCUT2D eigenvalue weighted by Crippen LogP contribution is -2.23. The van der Waals surface area contributed by atoms with Gasteiger partial charge in [-0.2, -0.15) is 5.26 Å². The maximum Gasteiger partial charge on any atom is 0.331 e. The molecule has 3 rings (SSSR count). The number of ketones is 1. The molecule has 1 fully saturated rings.